The molecule has 0 bridgehead atoms. The van der Waals surface area contributed by atoms with Crippen LogP contribution in [0.1, 0.15) is 16.8 Å². The van der Waals surface area contributed by atoms with Gasteiger partial charge in [0.15, 0.2) is 5.69 Å². The van der Waals surface area contributed by atoms with Crippen molar-refractivity contribution in [2.45, 2.75) is 13.8 Å². The van der Waals surface area contributed by atoms with Crippen LogP contribution in [0.4, 0.5) is 0 Å². The van der Waals surface area contributed by atoms with Crippen LogP contribution in [-0.4, -0.2) is 16.9 Å². The summed E-state index contributed by atoms with van der Waals surface area (Å²) in [5, 5.41) is 13.2. The number of methoxy groups -OCH3 is 1. The molecule has 0 amide bonds. The molecule has 0 saturated heterocycles. The number of benzene rings is 1. The van der Waals surface area contributed by atoms with Gasteiger partial charge in [-0.2, -0.15) is 10.4 Å². The van der Waals surface area contributed by atoms with Gasteiger partial charge in [0.2, 0.25) is 0 Å². The maximum atomic E-state index is 9.04. The van der Waals surface area contributed by atoms with E-state index in [9.17, 15) is 0 Å². The Morgan fingerprint density at radius 3 is 2.47 bits per heavy atom. The van der Waals surface area contributed by atoms with Gasteiger partial charge in [0.05, 0.1) is 17.3 Å². The smallest absolute Gasteiger partial charge is 0.177 e. The number of hydrogen-bond donors (Lipinski definition) is 0. The van der Waals surface area contributed by atoms with E-state index in [4.69, 9.17) is 10.00 Å². The van der Waals surface area contributed by atoms with Gasteiger partial charge in [-0.05, 0) is 53.0 Å². The van der Waals surface area contributed by atoms with Crippen LogP contribution in [-0.2, 0) is 7.05 Å². The Morgan fingerprint density at radius 2 is 1.95 bits per heavy atom. The third-order valence-electron chi connectivity index (χ3n) is 3.17. The van der Waals surface area contributed by atoms with Crippen molar-refractivity contribution >= 4 is 15.9 Å². The highest BCUT2D eigenvalue weighted by atomic mass is 79.9. The highest BCUT2D eigenvalue weighted by molar-refractivity contribution is 9.10. The second kappa shape index (κ2) is 5.06. The fraction of sp³-hybridized carbons (Fsp3) is 0.286. The maximum Gasteiger partial charge on any atom is 0.177 e. The van der Waals surface area contributed by atoms with Gasteiger partial charge in [0.1, 0.15) is 11.8 Å². The summed E-state index contributed by atoms with van der Waals surface area (Å²) in [6.45, 7) is 4.09. The number of hydrogen-bond acceptors (Lipinski definition) is 3. The van der Waals surface area contributed by atoms with E-state index in [1.54, 1.807) is 11.8 Å². The van der Waals surface area contributed by atoms with Crippen molar-refractivity contribution in [1.29, 1.82) is 5.26 Å². The van der Waals surface area contributed by atoms with Crippen molar-refractivity contribution in [3.8, 4) is 23.1 Å². The number of halogens is 1. The lowest BCUT2D eigenvalue weighted by atomic mass is 10.0. The van der Waals surface area contributed by atoms with Gasteiger partial charge in [0, 0.05) is 12.6 Å². The Hall–Kier alpha value is -1.80. The van der Waals surface area contributed by atoms with E-state index in [1.165, 1.54) is 11.1 Å². The van der Waals surface area contributed by atoms with Crippen molar-refractivity contribution in [2.24, 2.45) is 7.05 Å². The van der Waals surface area contributed by atoms with E-state index in [1.807, 2.05) is 27.0 Å². The Labute approximate surface area is 120 Å². The molecule has 0 fully saturated rings. The first-order chi connectivity index (χ1) is 8.99. The first-order valence-corrected chi connectivity index (χ1v) is 6.57. The zero-order valence-electron chi connectivity index (χ0n) is 11.3. The predicted molar refractivity (Wildman–Crippen MR) is 77.1 cm³/mol. The maximum absolute atomic E-state index is 9.04. The highest BCUT2D eigenvalue weighted by Gasteiger charge is 2.19. The van der Waals surface area contributed by atoms with Gasteiger partial charge in [-0.1, -0.05) is 0 Å². The molecule has 19 heavy (non-hydrogen) atoms. The Balaban J connectivity index is 2.76. The summed E-state index contributed by atoms with van der Waals surface area (Å²) in [5.41, 5.74) is 4.48. The number of nitriles is 1. The summed E-state index contributed by atoms with van der Waals surface area (Å²) < 4.78 is 7.83. The van der Waals surface area contributed by atoms with Crippen molar-refractivity contribution in [3.63, 3.8) is 0 Å². The summed E-state index contributed by atoms with van der Waals surface area (Å²) in [6.07, 6.45) is 0. The number of aromatic nitrogens is 2. The summed E-state index contributed by atoms with van der Waals surface area (Å²) >= 11 is 3.44. The molecule has 1 aromatic heterocycles. The van der Waals surface area contributed by atoms with Gasteiger partial charge >= 0.3 is 0 Å². The van der Waals surface area contributed by atoms with Crippen LogP contribution < -0.4 is 4.74 Å². The standard InChI is InChI=1S/C14H14BrN3O/c1-8-5-10(12(19-4)6-9(8)2)14-13(15)11(7-16)17-18(14)3/h5-6H,1-4H3. The van der Waals surface area contributed by atoms with Crippen LogP contribution in [0.2, 0.25) is 0 Å². The van der Waals surface area contributed by atoms with E-state index in [-0.39, 0.29) is 0 Å². The van der Waals surface area contributed by atoms with Crippen LogP contribution in [0.3, 0.4) is 0 Å². The minimum Gasteiger partial charge on any atom is -0.496 e. The Bertz CT molecular complexity index is 683. The summed E-state index contributed by atoms with van der Waals surface area (Å²) in [6, 6.07) is 6.12. The Kier molecular flexibility index (Phi) is 3.63. The average molecular weight is 320 g/mol. The molecule has 98 valence electrons. The lowest BCUT2D eigenvalue weighted by molar-refractivity contribution is 0.415. The average Bonchev–Trinajstić information content (AvgIpc) is 2.67. The minimum absolute atomic E-state index is 0.373. The number of rotatable bonds is 2. The highest BCUT2D eigenvalue weighted by Crippen LogP contribution is 2.37. The molecular formula is C14H14BrN3O. The first kappa shape index (κ1) is 13.6. The van der Waals surface area contributed by atoms with Gasteiger partial charge in [-0.3, -0.25) is 4.68 Å². The predicted octanol–water partition coefficient (Wildman–Crippen LogP) is 3.35. The van der Waals surface area contributed by atoms with Crippen LogP contribution >= 0.6 is 15.9 Å². The third kappa shape index (κ3) is 2.24. The SMILES string of the molecule is COc1cc(C)c(C)cc1-c1c(Br)c(C#N)nn1C. The van der Waals surface area contributed by atoms with E-state index in [0.717, 1.165) is 17.0 Å². The monoisotopic (exact) mass is 319 g/mol. The summed E-state index contributed by atoms with van der Waals surface area (Å²) in [4.78, 5) is 0. The molecule has 0 spiro atoms. The zero-order chi connectivity index (χ0) is 14.2. The molecule has 0 atom stereocenters. The lowest BCUT2D eigenvalue weighted by Crippen LogP contribution is -1.98. The topological polar surface area (TPSA) is 50.8 Å². The molecular weight excluding hydrogens is 306 g/mol. The molecule has 4 nitrogen and oxygen atoms in total. The molecule has 0 unspecified atom stereocenters. The molecule has 1 aromatic carbocycles. The van der Waals surface area contributed by atoms with Gasteiger partial charge < -0.3 is 4.74 Å². The molecule has 1 heterocycles. The van der Waals surface area contributed by atoms with Crippen molar-refractivity contribution in [1.82, 2.24) is 9.78 Å². The van der Waals surface area contributed by atoms with Crippen LogP contribution in [0.5, 0.6) is 5.75 Å². The minimum atomic E-state index is 0.373. The molecule has 0 aliphatic carbocycles. The van der Waals surface area contributed by atoms with Crippen molar-refractivity contribution < 1.29 is 4.74 Å². The Morgan fingerprint density at radius 1 is 1.32 bits per heavy atom. The second-order valence-electron chi connectivity index (χ2n) is 4.38. The summed E-state index contributed by atoms with van der Waals surface area (Å²) in [5.74, 6) is 0.774. The van der Waals surface area contributed by atoms with Gasteiger partial charge in [-0.25, -0.2) is 0 Å². The van der Waals surface area contributed by atoms with Gasteiger partial charge in [0.25, 0.3) is 0 Å². The normalized spacial score (nSPS) is 10.3. The van der Waals surface area contributed by atoms with E-state index in [2.05, 4.69) is 33.2 Å². The van der Waals surface area contributed by atoms with Crippen molar-refractivity contribution in [3.05, 3.63) is 33.4 Å². The molecule has 2 aromatic rings. The van der Waals surface area contributed by atoms with E-state index in [0.29, 0.717) is 10.2 Å². The quantitative estimate of drug-likeness (QED) is 0.853. The zero-order valence-corrected chi connectivity index (χ0v) is 12.9. The molecule has 0 aliphatic rings. The van der Waals surface area contributed by atoms with Crippen LogP contribution in [0, 0.1) is 25.2 Å². The molecule has 0 N–H and O–H groups in total. The van der Waals surface area contributed by atoms with E-state index < -0.39 is 0 Å². The number of aryl methyl sites for hydroxylation is 3. The third-order valence-corrected chi connectivity index (χ3v) is 3.92. The molecule has 2 rings (SSSR count). The lowest BCUT2D eigenvalue weighted by Gasteiger charge is -2.12. The fourth-order valence-corrected chi connectivity index (χ4v) is 2.64. The first-order valence-electron chi connectivity index (χ1n) is 5.77. The van der Waals surface area contributed by atoms with Crippen LogP contribution in [0.15, 0.2) is 16.6 Å². The fourth-order valence-electron chi connectivity index (χ4n) is 2.01. The van der Waals surface area contributed by atoms with Gasteiger partial charge in [-0.15, -0.1) is 0 Å². The van der Waals surface area contributed by atoms with E-state index >= 15 is 0 Å². The molecule has 0 saturated carbocycles. The second-order valence-corrected chi connectivity index (χ2v) is 5.18. The van der Waals surface area contributed by atoms with Crippen molar-refractivity contribution in [2.75, 3.05) is 7.11 Å². The largest absolute Gasteiger partial charge is 0.496 e. The number of ether oxygens (including phenoxy) is 1. The van der Waals surface area contributed by atoms with Crippen LogP contribution in [0.25, 0.3) is 11.3 Å². The molecule has 0 radical (unpaired) electrons. The number of nitrogens with zero attached hydrogens (tertiary/aromatic N) is 3. The molecule has 0 aliphatic heterocycles. The summed E-state index contributed by atoms with van der Waals surface area (Å²) in [7, 11) is 3.46. The molecule has 5 heteroatoms.